The van der Waals surface area contributed by atoms with Gasteiger partial charge in [-0.05, 0) is 44.6 Å². The number of piperidine rings is 1. The van der Waals surface area contributed by atoms with Gasteiger partial charge in [-0.15, -0.1) is 0 Å². The fourth-order valence-electron chi connectivity index (χ4n) is 2.40. The highest BCUT2D eigenvalue weighted by atomic mass is 16.3. The van der Waals surface area contributed by atoms with Gasteiger partial charge in [-0.3, -0.25) is 0 Å². The molecule has 0 aliphatic carbocycles. The smallest absolute Gasteiger partial charge is 0.0662 e. The van der Waals surface area contributed by atoms with Crippen LogP contribution in [-0.2, 0) is 0 Å². The molecule has 1 aliphatic rings. The quantitative estimate of drug-likeness (QED) is 0.727. The lowest BCUT2D eigenvalue weighted by atomic mass is 9.78. The fraction of sp³-hybridized carbons (Fsp3) is 1.00. The van der Waals surface area contributed by atoms with Crippen LogP contribution in [0.3, 0.4) is 0 Å². The number of hydrogen-bond donors (Lipinski definition) is 2. The maximum Gasteiger partial charge on any atom is 0.0662 e. The molecule has 1 heterocycles. The summed E-state index contributed by atoms with van der Waals surface area (Å²) in [6.45, 7) is 8.54. The molecule has 0 bridgehead atoms. The van der Waals surface area contributed by atoms with Crippen molar-refractivity contribution in [1.82, 2.24) is 5.32 Å². The Bertz CT molecular complexity index is 162. The van der Waals surface area contributed by atoms with E-state index in [0.29, 0.717) is 11.8 Å². The predicted octanol–water partition coefficient (Wildman–Crippen LogP) is 2.17. The van der Waals surface area contributed by atoms with E-state index in [-0.39, 0.29) is 0 Å². The van der Waals surface area contributed by atoms with E-state index < -0.39 is 5.60 Å². The van der Waals surface area contributed by atoms with Crippen LogP contribution in [0, 0.1) is 11.8 Å². The van der Waals surface area contributed by atoms with Crippen LogP contribution in [0.25, 0.3) is 0 Å². The third-order valence-corrected chi connectivity index (χ3v) is 3.64. The maximum absolute atomic E-state index is 10.4. The van der Waals surface area contributed by atoms with Crippen LogP contribution < -0.4 is 5.32 Å². The van der Waals surface area contributed by atoms with Crippen LogP contribution in [0.5, 0.6) is 0 Å². The first kappa shape index (κ1) is 12.0. The second-order valence-corrected chi connectivity index (χ2v) is 5.12. The molecule has 2 nitrogen and oxygen atoms in total. The molecule has 2 N–H and O–H groups in total. The van der Waals surface area contributed by atoms with Gasteiger partial charge in [0.1, 0.15) is 0 Å². The second-order valence-electron chi connectivity index (χ2n) is 5.12. The van der Waals surface area contributed by atoms with Gasteiger partial charge in [0.2, 0.25) is 0 Å². The molecule has 2 heteroatoms. The Morgan fingerprint density at radius 3 is 2.79 bits per heavy atom. The first-order valence-corrected chi connectivity index (χ1v) is 5.99. The van der Waals surface area contributed by atoms with Crippen molar-refractivity contribution < 1.29 is 5.11 Å². The molecule has 0 spiro atoms. The summed E-state index contributed by atoms with van der Waals surface area (Å²) in [5.74, 6) is 1.08. The highest BCUT2D eigenvalue weighted by molar-refractivity contribution is 4.87. The van der Waals surface area contributed by atoms with Crippen molar-refractivity contribution in [3.63, 3.8) is 0 Å². The van der Waals surface area contributed by atoms with E-state index in [2.05, 4.69) is 19.2 Å². The van der Waals surface area contributed by atoms with Gasteiger partial charge in [0.15, 0.2) is 0 Å². The molecule has 0 radical (unpaired) electrons. The van der Waals surface area contributed by atoms with Gasteiger partial charge < -0.3 is 10.4 Å². The zero-order valence-electron chi connectivity index (χ0n) is 9.84. The van der Waals surface area contributed by atoms with E-state index in [1.165, 1.54) is 12.8 Å². The SMILES string of the molecule is CCC(C)CC(C)(O)C1CCCNC1. The van der Waals surface area contributed by atoms with Crippen molar-refractivity contribution in [2.75, 3.05) is 13.1 Å². The third-order valence-electron chi connectivity index (χ3n) is 3.64. The summed E-state index contributed by atoms with van der Waals surface area (Å²) < 4.78 is 0. The molecule has 14 heavy (non-hydrogen) atoms. The summed E-state index contributed by atoms with van der Waals surface area (Å²) in [5.41, 5.74) is -0.469. The van der Waals surface area contributed by atoms with Gasteiger partial charge in [0.05, 0.1) is 5.60 Å². The summed E-state index contributed by atoms with van der Waals surface area (Å²) in [6, 6.07) is 0. The molecule has 3 unspecified atom stereocenters. The zero-order valence-corrected chi connectivity index (χ0v) is 9.84. The Labute approximate surface area is 88.1 Å². The second kappa shape index (κ2) is 5.13. The molecule has 0 amide bonds. The van der Waals surface area contributed by atoms with Crippen molar-refractivity contribution in [3.05, 3.63) is 0 Å². The van der Waals surface area contributed by atoms with Crippen LogP contribution in [0.2, 0.25) is 0 Å². The standard InChI is InChI=1S/C12H25NO/c1-4-10(2)8-12(3,14)11-6-5-7-13-9-11/h10-11,13-14H,4-9H2,1-3H3. The molecule has 1 rings (SSSR count). The van der Waals surface area contributed by atoms with Crippen molar-refractivity contribution in [1.29, 1.82) is 0 Å². The van der Waals surface area contributed by atoms with E-state index in [1.54, 1.807) is 0 Å². The van der Waals surface area contributed by atoms with Crippen molar-refractivity contribution in [2.24, 2.45) is 11.8 Å². The van der Waals surface area contributed by atoms with Crippen molar-refractivity contribution in [3.8, 4) is 0 Å². The topological polar surface area (TPSA) is 32.3 Å². The van der Waals surface area contributed by atoms with Crippen LogP contribution in [-0.4, -0.2) is 23.8 Å². The van der Waals surface area contributed by atoms with E-state index in [0.717, 1.165) is 25.9 Å². The summed E-state index contributed by atoms with van der Waals surface area (Å²) in [4.78, 5) is 0. The van der Waals surface area contributed by atoms with Crippen LogP contribution in [0.4, 0.5) is 0 Å². The Hall–Kier alpha value is -0.0800. The average molecular weight is 199 g/mol. The Balaban J connectivity index is 2.45. The minimum atomic E-state index is -0.469. The average Bonchev–Trinajstić information content (AvgIpc) is 2.18. The Kier molecular flexibility index (Phi) is 4.39. The molecular formula is C12H25NO. The summed E-state index contributed by atoms with van der Waals surface area (Å²) in [6.07, 6.45) is 4.49. The monoisotopic (exact) mass is 199 g/mol. The van der Waals surface area contributed by atoms with Gasteiger partial charge in [-0.25, -0.2) is 0 Å². The maximum atomic E-state index is 10.4. The molecular weight excluding hydrogens is 174 g/mol. The lowest BCUT2D eigenvalue weighted by Crippen LogP contribution is -2.45. The van der Waals surface area contributed by atoms with E-state index in [1.807, 2.05) is 6.92 Å². The molecule has 1 aliphatic heterocycles. The molecule has 0 aromatic rings. The first-order chi connectivity index (χ1) is 6.56. The summed E-state index contributed by atoms with van der Waals surface area (Å²) >= 11 is 0. The molecule has 3 atom stereocenters. The van der Waals surface area contributed by atoms with E-state index in [9.17, 15) is 5.11 Å². The molecule has 1 saturated heterocycles. The summed E-state index contributed by atoms with van der Waals surface area (Å²) in [5, 5.41) is 13.8. The van der Waals surface area contributed by atoms with Gasteiger partial charge >= 0.3 is 0 Å². The van der Waals surface area contributed by atoms with Crippen molar-refractivity contribution in [2.45, 2.75) is 52.1 Å². The lowest BCUT2D eigenvalue weighted by Gasteiger charge is -2.37. The molecule has 1 fully saturated rings. The predicted molar refractivity (Wildman–Crippen MR) is 60.3 cm³/mol. The fourth-order valence-corrected chi connectivity index (χ4v) is 2.40. The highest BCUT2D eigenvalue weighted by Crippen LogP contribution is 2.30. The van der Waals surface area contributed by atoms with Gasteiger partial charge in [-0.1, -0.05) is 20.3 Å². The van der Waals surface area contributed by atoms with Crippen LogP contribution in [0.15, 0.2) is 0 Å². The number of hydrogen-bond acceptors (Lipinski definition) is 2. The van der Waals surface area contributed by atoms with Crippen LogP contribution >= 0.6 is 0 Å². The van der Waals surface area contributed by atoms with E-state index >= 15 is 0 Å². The lowest BCUT2D eigenvalue weighted by molar-refractivity contribution is -0.0293. The molecule has 0 aromatic heterocycles. The van der Waals surface area contributed by atoms with Crippen LogP contribution in [0.1, 0.15) is 46.5 Å². The van der Waals surface area contributed by atoms with Gasteiger partial charge in [-0.2, -0.15) is 0 Å². The normalized spacial score (nSPS) is 29.6. The summed E-state index contributed by atoms with van der Waals surface area (Å²) in [7, 11) is 0. The largest absolute Gasteiger partial charge is 0.390 e. The zero-order chi connectivity index (χ0) is 10.6. The number of nitrogens with one attached hydrogen (secondary N) is 1. The minimum Gasteiger partial charge on any atom is -0.390 e. The number of aliphatic hydroxyl groups is 1. The number of rotatable bonds is 4. The van der Waals surface area contributed by atoms with E-state index in [4.69, 9.17) is 0 Å². The highest BCUT2D eigenvalue weighted by Gasteiger charge is 2.33. The third kappa shape index (κ3) is 3.25. The minimum absolute atomic E-state index is 0.449. The van der Waals surface area contributed by atoms with Gasteiger partial charge in [0, 0.05) is 6.54 Å². The van der Waals surface area contributed by atoms with Crippen molar-refractivity contribution >= 4 is 0 Å². The molecule has 0 saturated carbocycles. The molecule has 84 valence electrons. The van der Waals surface area contributed by atoms with Gasteiger partial charge in [0.25, 0.3) is 0 Å². The first-order valence-electron chi connectivity index (χ1n) is 5.99. The molecule has 0 aromatic carbocycles. The Morgan fingerprint density at radius 2 is 2.29 bits per heavy atom. The Morgan fingerprint density at radius 1 is 1.57 bits per heavy atom.